The topological polar surface area (TPSA) is 79.5 Å². The minimum Gasteiger partial charge on any atom is -0.481 e. The molecule has 1 amide bonds. The number of unbranched alkanes of at least 4 members (excludes halogenated alkanes) is 3. The molecule has 0 fully saturated rings. The average molecular weight is 422 g/mol. The van der Waals surface area contributed by atoms with Crippen LogP contribution < -0.4 is 5.32 Å². The highest BCUT2D eigenvalue weighted by molar-refractivity contribution is 7.15. The summed E-state index contributed by atoms with van der Waals surface area (Å²) >= 11 is 1.69. The Morgan fingerprint density at radius 3 is 2.55 bits per heavy atom. The number of quaternary nitrogens is 1. The second-order valence-corrected chi connectivity index (χ2v) is 9.65. The molecule has 0 spiro atoms. The number of thiophene rings is 1. The normalized spacial score (nSPS) is 12.7. The summed E-state index contributed by atoms with van der Waals surface area (Å²) in [6, 6.07) is 7.14. The molecule has 2 rings (SSSR count). The number of rotatable bonds is 12. The van der Waals surface area contributed by atoms with Crippen molar-refractivity contribution in [2.75, 3.05) is 27.7 Å². The predicted molar refractivity (Wildman–Crippen MR) is 116 cm³/mol. The zero-order valence-corrected chi connectivity index (χ0v) is 18.7. The summed E-state index contributed by atoms with van der Waals surface area (Å²) in [5, 5.41) is 11.9. The van der Waals surface area contributed by atoms with Gasteiger partial charge >= 0.3 is 5.97 Å². The van der Waals surface area contributed by atoms with Gasteiger partial charge in [-0.1, -0.05) is 26.2 Å². The van der Waals surface area contributed by atoms with E-state index in [1.54, 1.807) is 23.5 Å². The highest BCUT2D eigenvalue weighted by Crippen LogP contribution is 2.30. The van der Waals surface area contributed by atoms with E-state index in [0.717, 1.165) is 11.3 Å². The number of furan rings is 1. The Balaban J connectivity index is 2.00. The van der Waals surface area contributed by atoms with Crippen LogP contribution in [0.25, 0.3) is 10.6 Å². The highest BCUT2D eigenvalue weighted by Gasteiger charge is 2.24. The molecule has 0 unspecified atom stereocenters. The minimum absolute atomic E-state index is 0.124. The highest BCUT2D eigenvalue weighted by atomic mass is 32.1. The van der Waals surface area contributed by atoms with E-state index in [4.69, 9.17) is 9.52 Å². The first-order valence-corrected chi connectivity index (χ1v) is 11.0. The van der Waals surface area contributed by atoms with Crippen molar-refractivity contribution < 1.29 is 23.6 Å². The van der Waals surface area contributed by atoms with E-state index in [9.17, 15) is 9.59 Å². The van der Waals surface area contributed by atoms with Gasteiger partial charge in [0.1, 0.15) is 5.76 Å². The summed E-state index contributed by atoms with van der Waals surface area (Å²) < 4.78 is 6.32. The van der Waals surface area contributed by atoms with Crippen molar-refractivity contribution in [3.05, 3.63) is 34.9 Å². The number of likely N-dealkylation sites (N-methyl/N-ethyl adjacent to an activating group) is 1. The SMILES string of the molecule is CCCCCCc1ccc(-c2ccc(C(=O)N[C@H](CC(=O)O)C[N+](C)(C)C)o2)s1. The average Bonchev–Trinajstić information content (AvgIpc) is 3.25. The monoisotopic (exact) mass is 421 g/mol. The third-order valence-corrected chi connectivity index (χ3v) is 5.69. The van der Waals surface area contributed by atoms with Crippen LogP contribution in [-0.4, -0.2) is 55.2 Å². The molecule has 0 saturated carbocycles. The summed E-state index contributed by atoms with van der Waals surface area (Å²) in [5.41, 5.74) is 0. The summed E-state index contributed by atoms with van der Waals surface area (Å²) in [5.74, 6) is -0.447. The number of nitrogens with zero attached hydrogens (tertiary/aromatic N) is 1. The Kier molecular flexibility index (Phi) is 8.46. The van der Waals surface area contributed by atoms with Gasteiger partial charge in [0.25, 0.3) is 5.91 Å². The van der Waals surface area contributed by atoms with Crippen LogP contribution in [-0.2, 0) is 11.2 Å². The summed E-state index contributed by atoms with van der Waals surface area (Å²) in [4.78, 5) is 26.0. The number of aliphatic carboxylic acids is 1. The molecule has 2 aromatic heterocycles. The number of hydrogen-bond acceptors (Lipinski definition) is 4. The van der Waals surface area contributed by atoms with E-state index in [1.807, 2.05) is 27.2 Å². The van der Waals surface area contributed by atoms with Crippen molar-refractivity contribution in [2.45, 2.75) is 51.5 Å². The van der Waals surface area contributed by atoms with Crippen LogP contribution in [0.15, 0.2) is 28.7 Å². The molecule has 0 aliphatic carbocycles. The Labute approximate surface area is 177 Å². The molecule has 1 atom stereocenters. The number of carbonyl (C=O) groups is 2. The largest absolute Gasteiger partial charge is 0.481 e. The van der Waals surface area contributed by atoms with Crippen LogP contribution in [0.5, 0.6) is 0 Å². The molecule has 0 radical (unpaired) electrons. The quantitative estimate of drug-likeness (QED) is 0.393. The fourth-order valence-electron chi connectivity index (χ4n) is 3.25. The van der Waals surface area contributed by atoms with E-state index in [-0.39, 0.29) is 18.1 Å². The first kappa shape index (κ1) is 23.2. The Hall–Kier alpha value is -2.12. The molecular formula is C22H33N2O4S+. The molecular weight excluding hydrogens is 388 g/mol. The first-order valence-electron chi connectivity index (χ1n) is 10.2. The smallest absolute Gasteiger partial charge is 0.305 e. The Morgan fingerprint density at radius 1 is 1.14 bits per heavy atom. The van der Waals surface area contributed by atoms with Crippen molar-refractivity contribution in [1.82, 2.24) is 5.32 Å². The number of carboxylic acids is 1. The molecule has 0 saturated heterocycles. The second-order valence-electron chi connectivity index (χ2n) is 8.48. The van der Waals surface area contributed by atoms with Crippen molar-refractivity contribution in [3.63, 3.8) is 0 Å². The van der Waals surface area contributed by atoms with E-state index in [2.05, 4.69) is 18.3 Å². The van der Waals surface area contributed by atoms with E-state index >= 15 is 0 Å². The zero-order valence-electron chi connectivity index (χ0n) is 17.9. The van der Waals surface area contributed by atoms with Crippen LogP contribution in [0.2, 0.25) is 0 Å². The van der Waals surface area contributed by atoms with E-state index in [1.165, 1.54) is 30.6 Å². The third kappa shape index (κ3) is 8.03. The third-order valence-electron chi connectivity index (χ3n) is 4.54. The maximum atomic E-state index is 12.6. The number of nitrogens with one attached hydrogen (secondary N) is 1. The minimum atomic E-state index is -0.936. The molecule has 7 heteroatoms. The maximum absolute atomic E-state index is 12.6. The predicted octanol–water partition coefficient (Wildman–Crippen LogP) is 4.41. The van der Waals surface area contributed by atoms with Crippen molar-refractivity contribution in [2.24, 2.45) is 0 Å². The molecule has 2 heterocycles. The number of hydrogen-bond donors (Lipinski definition) is 2. The van der Waals surface area contributed by atoms with Crippen molar-refractivity contribution in [3.8, 4) is 10.6 Å². The van der Waals surface area contributed by atoms with Crippen molar-refractivity contribution >= 4 is 23.2 Å². The Morgan fingerprint density at radius 2 is 1.90 bits per heavy atom. The van der Waals surface area contributed by atoms with Gasteiger partial charge in [0.05, 0.1) is 45.0 Å². The van der Waals surface area contributed by atoms with Gasteiger partial charge in [-0.2, -0.15) is 0 Å². The molecule has 160 valence electrons. The molecule has 0 aliphatic rings. The molecule has 0 aromatic carbocycles. The molecule has 0 bridgehead atoms. The molecule has 2 N–H and O–H groups in total. The molecule has 2 aromatic rings. The first-order chi connectivity index (χ1) is 13.7. The van der Waals surface area contributed by atoms with Crippen LogP contribution in [0, 0.1) is 0 Å². The van der Waals surface area contributed by atoms with Gasteiger partial charge in [-0.25, -0.2) is 0 Å². The lowest BCUT2D eigenvalue weighted by atomic mass is 10.1. The van der Waals surface area contributed by atoms with Gasteiger partial charge in [-0.3, -0.25) is 9.59 Å². The van der Waals surface area contributed by atoms with Crippen LogP contribution in [0.3, 0.4) is 0 Å². The van der Waals surface area contributed by atoms with Crippen molar-refractivity contribution in [1.29, 1.82) is 0 Å². The number of amides is 1. The van der Waals surface area contributed by atoms with Gasteiger partial charge in [0.2, 0.25) is 0 Å². The number of aryl methyl sites for hydroxylation is 1. The van der Waals surface area contributed by atoms with Gasteiger partial charge in [-0.15, -0.1) is 11.3 Å². The number of carboxylic acid groups (broad SMARTS) is 1. The van der Waals surface area contributed by atoms with Gasteiger partial charge in [0, 0.05) is 4.88 Å². The Bertz CT molecular complexity index is 804. The zero-order chi connectivity index (χ0) is 21.4. The van der Waals surface area contributed by atoms with E-state index in [0.29, 0.717) is 16.8 Å². The summed E-state index contributed by atoms with van der Waals surface area (Å²) in [6.45, 7) is 2.72. The summed E-state index contributed by atoms with van der Waals surface area (Å²) in [6.07, 6.45) is 5.89. The molecule has 29 heavy (non-hydrogen) atoms. The van der Waals surface area contributed by atoms with Crippen LogP contribution >= 0.6 is 11.3 Å². The lowest BCUT2D eigenvalue weighted by Gasteiger charge is -2.28. The second kappa shape index (κ2) is 10.6. The standard InChI is InChI=1S/C22H32N2O4S/c1-5-6-7-8-9-17-10-13-20(29-17)18-11-12-19(28-18)22(27)23-16(14-21(25)26)15-24(2,3)4/h10-13,16H,5-9,14-15H2,1-4H3,(H-,23,25,26,27)/p+1/t16-/m1/s1. The van der Waals surface area contributed by atoms with E-state index < -0.39 is 12.0 Å². The van der Waals surface area contributed by atoms with Crippen LogP contribution in [0.1, 0.15) is 54.5 Å². The summed E-state index contributed by atoms with van der Waals surface area (Å²) in [7, 11) is 5.88. The molecule has 6 nitrogen and oxygen atoms in total. The van der Waals surface area contributed by atoms with Gasteiger partial charge in [-0.05, 0) is 37.1 Å². The fraction of sp³-hybridized carbons (Fsp3) is 0.545. The molecule has 0 aliphatic heterocycles. The lowest BCUT2D eigenvalue weighted by molar-refractivity contribution is -0.871. The van der Waals surface area contributed by atoms with Gasteiger partial charge in [0.15, 0.2) is 5.76 Å². The maximum Gasteiger partial charge on any atom is 0.305 e. The fourth-order valence-corrected chi connectivity index (χ4v) is 4.26. The lowest BCUT2D eigenvalue weighted by Crippen LogP contribution is -2.49. The number of carbonyl (C=O) groups excluding carboxylic acids is 1. The van der Waals surface area contributed by atoms with Gasteiger partial charge < -0.3 is 19.3 Å². The van der Waals surface area contributed by atoms with Crippen LogP contribution in [0.4, 0.5) is 0 Å².